The third kappa shape index (κ3) is 1.16. The van der Waals surface area contributed by atoms with Crippen LogP contribution >= 0.6 is 0 Å². The van der Waals surface area contributed by atoms with E-state index in [9.17, 15) is 10.2 Å². The number of hydrogen-bond donors (Lipinski definition) is 2. The number of aliphatic hydroxyl groups is 2. The predicted octanol–water partition coefficient (Wildman–Crippen LogP) is 1.78. The predicted molar refractivity (Wildman–Crippen MR) is 46.7 cm³/mol. The van der Waals surface area contributed by atoms with Crippen LogP contribution in [0.15, 0.2) is 24.0 Å². The lowest BCUT2D eigenvalue weighted by Crippen LogP contribution is -2.32. The first kappa shape index (κ1) is 7.87. The molecule has 0 saturated heterocycles. The van der Waals surface area contributed by atoms with Gasteiger partial charge in [0, 0.05) is 5.92 Å². The topological polar surface area (TPSA) is 40.5 Å². The summed E-state index contributed by atoms with van der Waals surface area (Å²) in [6.45, 7) is 0. The van der Waals surface area contributed by atoms with Crippen LogP contribution in [0.1, 0.15) is 19.3 Å². The molecule has 2 heteroatoms. The summed E-state index contributed by atoms with van der Waals surface area (Å²) in [7, 11) is 0. The highest BCUT2D eigenvalue weighted by Crippen LogP contribution is 2.36. The number of aliphatic hydroxyl groups excluding tert-OH is 2. The van der Waals surface area contributed by atoms with Crippen molar-refractivity contribution in [2.45, 2.75) is 25.4 Å². The highest BCUT2D eigenvalue weighted by molar-refractivity contribution is 5.16. The van der Waals surface area contributed by atoms with E-state index in [0.29, 0.717) is 5.76 Å². The summed E-state index contributed by atoms with van der Waals surface area (Å²) in [6, 6.07) is 0. The van der Waals surface area contributed by atoms with E-state index in [1.54, 1.807) is 0 Å². The van der Waals surface area contributed by atoms with Gasteiger partial charge in [0.1, 0.15) is 0 Å². The molecule has 2 unspecified atom stereocenters. The molecule has 0 radical (unpaired) electrons. The third-order valence-electron chi connectivity index (χ3n) is 2.87. The smallest absolute Gasteiger partial charge is 0.0955 e. The Kier molecular flexibility index (Phi) is 1.93. The molecule has 3 atom stereocenters. The molecule has 0 aliphatic heterocycles. The fraction of sp³-hybridized carbons (Fsp3) is 0.600. The Bertz CT molecular complexity index is 230. The van der Waals surface area contributed by atoms with Gasteiger partial charge in [0.25, 0.3) is 0 Å². The van der Waals surface area contributed by atoms with Gasteiger partial charge in [-0.1, -0.05) is 12.2 Å². The van der Waals surface area contributed by atoms with E-state index in [0.717, 1.165) is 19.3 Å². The van der Waals surface area contributed by atoms with Gasteiger partial charge in [0.15, 0.2) is 0 Å². The average Bonchev–Trinajstić information content (AvgIpc) is 2.07. The number of rotatable bonds is 0. The molecule has 0 fully saturated rings. The SMILES string of the molecule is OC1=CCCC2C(O)CC=C[C@@H]12. The van der Waals surface area contributed by atoms with Crippen LogP contribution < -0.4 is 0 Å². The van der Waals surface area contributed by atoms with Crippen molar-refractivity contribution in [1.29, 1.82) is 0 Å². The molecule has 2 N–H and O–H groups in total. The summed E-state index contributed by atoms with van der Waals surface area (Å²) >= 11 is 0. The highest BCUT2D eigenvalue weighted by atomic mass is 16.3. The minimum atomic E-state index is -0.254. The second-order valence-corrected chi connectivity index (χ2v) is 3.63. The van der Waals surface area contributed by atoms with Crippen molar-refractivity contribution in [3.05, 3.63) is 24.0 Å². The molecule has 0 amide bonds. The molecule has 2 nitrogen and oxygen atoms in total. The largest absolute Gasteiger partial charge is 0.512 e. The highest BCUT2D eigenvalue weighted by Gasteiger charge is 2.32. The maximum atomic E-state index is 9.63. The van der Waals surface area contributed by atoms with Gasteiger partial charge >= 0.3 is 0 Å². The van der Waals surface area contributed by atoms with Gasteiger partial charge in [0.2, 0.25) is 0 Å². The second-order valence-electron chi connectivity index (χ2n) is 3.63. The van der Waals surface area contributed by atoms with Gasteiger partial charge in [-0.3, -0.25) is 0 Å². The Morgan fingerprint density at radius 3 is 3.00 bits per heavy atom. The standard InChI is InChI=1S/C10H14O2/c11-9-5-1-3-7-8(9)4-2-6-10(7)12/h1,3,6-9,11-12H,2,4-5H2/t7-,8?,9?/m1/s1. The molecule has 0 saturated carbocycles. The molecular weight excluding hydrogens is 152 g/mol. The van der Waals surface area contributed by atoms with Crippen LogP contribution in [0.4, 0.5) is 0 Å². The minimum Gasteiger partial charge on any atom is -0.512 e. The Morgan fingerprint density at radius 2 is 2.25 bits per heavy atom. The first-order chi connectivity index (χ1) is 5.79. The Hall–Kier alpha value is -0.760. The van der Waals surface area contributed by atoms with E-state index in [4.69, 9.17) is 0 Å². The quantitative estimate of drug-likeness (QED) is 0.538. The molecule has 0 aromatic rings. The molecule has 0 spiro atoms. The van der Waals surface area contributed by atoms with Gasteiger partial charge in [-0.2, -0.15) is 0 Å². The zero-order valence-electron chi connectivity index (χ0n) is 6.98. The van der Waals surface area contributed by atoms with Crippen molar-refractivity contribution in [2.75, 3.05) is 0 Å². The van der Waals surface area contributed by atoms with Crippen LogP contribution in [0.2, 0.25) is 0 Å². The van der Waals surface area contributed by atoms with Crippen molar-refractivity contribution in [3.8, 4) is 0 Å². The normalized spacial score (nSPS) is 40.4. The van der Waals surface area contributed by atoms with E-state index in [1.807, 2.05) is 18.2 Å². The van der Waals surface area contributed by atoms with Crippen LogP contribution in [0.5, 0.6) is 0 Å². The lowest BCUT2D eigenvalue weighted by molar-refractivity contribution is 0.0663. The minimum absolute atomic E-state index is 0.0856. The molecule has 0 heterocycles. The maximum absolute atomic E-state index is 9.63. The van der Waals surface area contributed by atoms with Crippen LogP contribution in [0.25, 0.3) is 0 Å². The Morgan fingerprint density at radius 1 is 1.42 bits per heavy atom. The fourth-order valence-corrected chi connectivity index (χ4v) is 2.17. The van der Waals surface area contributed by atoms with E-state index in [-0.39, 0.29) is 17.9 Å². The lowest BCUT2D eigenvalue weighted by atomic mass is 9.75. The van der Waals surface area contributed by atoms with Gasteiger partial charge in [0.05, 0.1) is 11.9 Å². The molecule has 12 heavy (non-hydrogen) atoms. The van der Waals surface area contributed by atoms with Crippen molar-refractivity contribution >= 4 is 0 Å². The van der Waals surface area contributed by atoms with Crippen molar-refractivity contribution in [2.24, 2.45) is 11.8 Å². The summed E-state index contributed by atoms with van der Waals surface area (Å²) in [6.07, 6.45) is 8.23. The van der Waals surface area contributed by atoms with Gasteiger partial charge < -0.3 is 10.2 Å². The third-order valence-corrected chi connectivity index (χ3v) is 2.87. The van der Waals surface area contributed by atoms with Crippen LogP contribution in [-0.2, 0) is 0 Å². The second kappa shape index (κ2) is 2.94. The summed E-state index contributed by atoms with van der Waals surface area (Å²) < 4.78 is 0. The lowest BCUT2D eigenvalue weighted by Gasteiger charge is -2.34. The molecule has 0 aromatic carbocycles. The Balaban J connectivity index is 2.25. The van der Waals surface area contributed by atoms with Crippen molar-refractivity contribution < 1.29 is 10.2 Å². The first-order valence-corrected chi connectivity index (χ1v) is 4.53. The van der Waals surface area contributed by atoms with E-state index in [2.05, 4.69) is 0 Å². The molecule has 66 valence electrons. The molecule has 2 aliphatic rings. The van der Waals surface area contributed by atoms with Crippen LogP contribution in [0.3, 0.4) is 0 Å². The summed E-state index contributed by atoms with van der Waals surface area (Å²) in [4.78, 5) is 0. The van der Waals surface area contributed by atoms with Crippen molar-refractivity contribution in [1.82, 2.24) is 0 Å². The van der Waals surface area contributed by atoms with Gasteiger partial charge in [-0.05, 0) is 31.3 Å². The summed E-state index contributed by atoms with van der Waals surface area (Å²) in [5, 5.41) is 19.2. The maximum Gasteiger partial charge on any atom is 0.0955 e. The Labute approximate surface area is 72.2 Å². The molecule has 2 rings (SSSR count). The molecular formula is C10H14O2. The average molecular weight is 166 g/mol. The van der Waals surface area contributed by atoms with E-state index >= 15 is 0 Å². The zero-order chi connectivity index (χ0) is 8.55. The number of hydrogen-bond acceptors (Lipinski definition) is 2. The van der Waals surface area contributed by atoms with Crippen LogP contribution in [-0.4, -0.2) is 16.3 Å². The van der Waals surface area contributed by atoms with E-state index in [1.165, 1.54) is 0 Å². The monoisotopic (exact) mass is 166 g/mol. The molecule has 0 bridgehead atoms. The summed E-state index contributed by atoms with van der Waals surface area (Å²) in [5.41, 5.74) is 0. The number of fused-ring (bicyclic) bond motifs is 1. The van der Waals surface area contributed by atoms with Crippen molar-refractivity contribution in [3.63, 3.8) is 0 Å². The van der Waals surface area contributed by atoms with E-state index < -0.39 is 0 Å². The zero-order valence-corrected chi connectivity index (χ0v) is 6.98. The fourth-order valence-electron chi connectivity index (χ4n) is 2.17. The number of allylic oxidation sites excluding steroid dienone is 2. The first-order valence-electron chi connectivity index (χ1n) is 4.53. The van der Waals surface area contributed by atoms with Gasteiger partial charge in [-0.15, -0.1) is 0 Å². The van der Waals surface area contributed by atoms with Crippen LogP contribution in [0, 0.1) is 11.8 Å². The molecule has 0 aromatic heterocycles. The summed E-state index contributed by atoms with van der Waals surface area (Å²) in [5.74, 6) is 0.781. The van der Waals surface area contributed by atoms with Gasteiger partial charge in [-0.25, -0.2) is 0 Å². The molecule has 2 aliphatic carbocycles.